The molecule has 80 valence electrons. The molecule has 0 spiro atoms. The molecule has 3 nitrogen and oxygen atoms in total. The van der Waals surface area contributed by atoms with Crippen molar-refractivity contribution in [2.45, 2.75) is 6.92 Å². The lowest BCUT2D eigenvalue weighted by atomic mass is 9.76. The number of hydrogen-bond donors (Lipinski definition) is 2. The molecule has 0 aliphatic heterocycles. The van der Waals surface area contributed by atoms with Crippen LogP contribution in [0.1, 0.15) is 5.69 Å². The van der Waals surface area contributed by atoms with Crippen LogP contribution in [0.5, 0.6) is 0 Å². The predicted octanol–water partition coefficient (Wildman–Crippen LogP) is 0.737. The van der Waals surface area contributed by atoms with Crippen LogP contribution >= 0.6 is 0 Å². The zero-order valence-corrected chi connectivity index (χ0v) is 8.96. The van der Waals surface area contributed by atoms with Crippen molar-refractivity contribution in [1.29, 1.82) is 0 Å². The molecule has 2 rings (SSSR count). The third kappa shape index (κ3) is 2.13. The third-order valence-electron chi connectivity index (χ3n) is 2.40. The molecule has 0 radical (unpaired) electrons. The number of benzene rings is 1. The highest BCUT2D eigenvalue weighted by molar-refractivity contribution is 6.60. The Bertz CT molecular complexity index is 500. The lowest BCUT2D eigenvalue weighted by molar-refractivity contribution is 0.426. The Balaban J connectivity index is 2.55. The van der Waals surface area contributed by atoms with E-state index in [4.69, 9.17) is 0 Å². The summed E-state index contributed by atoms with van der Waals surface area (Å²) in [5.74, 6) is 0. The molecule has 4 heteroatoms. The van der Waals surface area contributed by atoms with E-state index in [9.17, 15) is 10.0 Å². The zero-order chi connectivity index (χ0) is 11.5. The highest BCUT2D eigenvalue weighted by Gasteiger charge is 2.16. The molecule has 2 N–H and O–H groups in total. The van der Waals surface area contributed by atoms with Gasteiger partial charge in [-0.05, 0) is 30.1 Å². The first kappa shape index (κ1) is 10.9. The van der Waals surface area contributed by atoms with E-state index in [1.807, 2.05) is 37.3 Å². The Morgan fingerprint density at radius 3 is 2.44 bits per heavy atom. The minimum Gasteiger partial charge on any atom is -0.423 e. The number of hydrogen-bond acceptors (Lipinski definition) is 3. The van der Waals surface area contributed by atoms with Crippen LogP contribution in [0.2, 0.25) is 0 Å². The molecule has 16 heavy (non-hydrogen) atoms. The van der Waals surface area contributed by atoms with Crippen LogP contribution in [-0.4, -0.2) is 22.2 Å². The van der Waals surface area contributed by atoms with Crippen molar-refractivity contribution in [3.8, 4) is 11.3 Å². The minimum absolute atomic E-state index is 0.473. The van der Waals surface area contributed by atoms with Crippen molar-refractivity contribution in [3.63, 3.8) is 0 Å². The van der Waals surface area contributed by atoms with Gasteiger partial charge in [-0.2, -0.15) is 0 Å². The first-order valence-corrected chi connectivity index (χ1v) is 5.07. The molecule has 0 bridgehead atoms. The topological polar surface area (TPSA) is 53.4 Å². The van der Waals surface area contributed by atoms with Crippen LogP contribution in [0.25, 0.3) is 11.3 Å². The zero-order valence-electron chi connectivity index (χ0n) is 8.96. The fourth-order valence-electron chi connectivity index (χ4n) is 1.65. The molecule has 1 heterocycles. The van der Waals surface area contributed by atoms with Crippen LogP contribution in [0, 0.1) is 6.92 Å². The van der Waals surface area contributed by atoms with E-state index < -0.39 is 7.12 Å². The van der Waals surface area contributed by atoms with E-state index in [2.05, 4.69) is 4.98 Å². The molecule has 1 aromatic heterocycles. The molecular weight excluding hydrogens is 201 g/mol. The van der Waals surface area contributed by atoms with Crippen LogP contribution in [0.4, 0.5) is 0 Å². The van der Waals surface area contributed by atoms with E-state index in [1.165, 1.54) is 0 Å². The molecule has 0 atom stereocenters. The Kier molecular flexibility index (Phi) is 3.03. The van der Waals surface area contributed by atoms with Gasteiger partial charge < -0.3 is 10.0 Å². The van der Waals surface area contributed by atoms with E-state index in [1.54, 1.807) is 12.1 Å². The van der Waals surface area contributed by atoms with Gasteiger partial charge in [0.1, 0.15) is 0 Å². The van der Waals surface area contributed by atoms with Crippen molar-refractivity contribution in [2.75, 3.05) is 0 Å². The molecule has 1 aromatic carbocycles. The number of aryl methyl sites for hydroxylation is 1. The van der Waals surface area contributed by atoms with Gasteiger partial charge in [0.25, 0.3) is 0 Å². The molecule has 0 aliphatic rings. The first-order valence-electron chi connectivity index (χ1n) is 5.07. The summed E-state index contributed by atoms with van der Waals surface area (Å²) in [6, 6.07) is 12.8. The van der Waals surface area contributed by atoms with Gasteiger partial charge in [-0.3, -0.25) is 4.98 Å². The maximum absolute atomic E-state index is 9.26. The summed E-state index contributed by atoms with van der Waals surface area (Å²) in [6.07, 6.45) is 0. The Labute approximate surface area is 94.6 Å². The highest BCUT2D eigenvalue weighted by atomic mass is 16.4. The average molecular weight is 213 g/mol. The van der Waals surface area contributed by atoms with Crippen molar-refractivity contribution in [2.24, 2.45) is 0 Å². The number of rotatable bonds is 2. The Morgan fingerprint density at radius 2 is 1.75 bits per heavy atom. The largest absolute Gasteiger partial charge is 0.489 e. The van der Waals surface area contributed by atoms with E-state index in [0.29, 0.717) is 5.46 Å². The lowest BCUT2D eigenvalue weighted by Crippen LogP contribution is -2.31. The monoisotopic (exact) mass is 213 g/mol. The lowest BCUT2D eigenvalue weighted by Gasteiger charge is -2.08. The normalized spacial score (nSPS) is 10.2. The third-order valence-corrected chi connectivity index (χ3v) is 2.40. The van der Waals surface area contributed by atoms with Gasteiger partial charge in [0.05, 0.1) is 5.69 Å². The van der Waals surface area contributed by atoms with Gasteiger partial charge in [0.15, 0.2) is 0 Å². The van der Waals surface area contributed by atoms with Gasteiger partial charge in [0.2, 0.25) is 0 Å². The molecule has 0 amide bonds. The molecule has 0 fully saturated rings. The maximum Gasteiger partial charge on any atom is 0.489 e. The minimum atomic E-state index is -1.47. The smallest absolute Gasteiger partial charge is 0.423 e. The van der Waals surface area contributed by atoms with E-state index in [-0.39, 0.29) is 0 Å². The van der Waals surface area contributed by atoms with Crippen LogP contribution < -0.4 is 5.46 Å². The molecule has 0 saturated carbocycles. The highest BCUT2D eigenvalue weighted by Crippen LogP contribution is 2.14. The van der Waals surface area contributed by atoms with Gasteiger partial charge in [-0.15, -0.1) is 0 Å². The summed E-state index contributed by atoms with van der Waals surface area (Å²) >= 11 is 0. The summed E-state index contributed by atoms with van der Waals surface area (Å²) in [5.41, 5.74) is 2.88. The second kappa shape index (κ2) is 4.47. The van der Waals surface area contributed by atoms with Crippen LogP contribution in [-0.2, 0) is 0 Å². The fraction of sp³-hybridized carbons (Fsp3) is 0.0833. The second-order valence-electron chi connectivity index (χ2n) is 3.63. The average Bonchev–Trinajstić information content (AvgIpc) is 2.29. The van der Waals surface area contributed by atoms with Crippen molar-refractivity contribution >= 4 is 12.6 Å². The van der Waals surface area contributed by atoms with Gasteiger partial charge in [0, 0.05) is 5.69 Å². The van der Waals surface area contributed by atoms with Gasteiger partial charge in [-0.25, -0.2) is 0 Å². The first-order chi connectivity index (χ1) is 7.68. The maximum atomic E-state index is 9.26. The van der Waals surface area contributed by atoms with Crippen LogP contribution in [0.15, 0.2) is 42.5 Å². The Morgan fingerprint density at radius 1 is 1.00 bits per heavy atom. The number of aromatic nitrogens is 1. The summed E-state index contributed by atoms with van der Waals surface area (Å²) < 4.78 is 0. The SMILES string of the molecule is Cc1cccc(-c2ccccc2B(O)O)n1. The van der Waals surface area contributed by atoms with E-state index >= 15 is 0 Å². The molecular formula is C12H12BNO2. The predicted molar refractivity (Wildman–Crippen MR) is 64.2 cm³/mol. The van der Waals surface area contributed by atoms with Crippen molar-refractivity contribution in [1.82, 2.24) is 4.98 Å². The summed E-state index contributed by atoms with van der Waals surface area (Å²) in [4.78, 5) is 4.36. The molecule has 0 aliphatic carbocycles. The van der Waals surface area contributed by atoms with Crippen LogP contribution in [0.3, 0.4) is 0 Å². The van der Waals surface area contributed by atoms with Gasteiger partial charge >= 0.3 is 7.12 Å². The number of pyridine rings is 1. The van der Waals surface area contributed by atoms with Gasteiger partial charge in [-0.1, -0.05) is 30.3 Å². The quantitative estimate of drug-likeness (QED) is 0.723. The Hall–Kier alpha value is -1.65. The second-order valence-corrected chi connectivity index (χ2v) is 3.63. The molecule has 2 aromatic rings. The fourth-order valence-corrected chi connectivity index (χ4v) is 1.65. The van der Waals surface area contributed by atoms with Crippen molar-refractivity contribution in [3.05, 3.63) is 48.2 Å². The van der Waals surface area contributed by atoms with E-state index in [0.717, 1.165) is 17.0 Å². The standard InChI is InChI=1S/C12H12BNO2/c1-9-5-4-8-12(14-9)10-6-2-3-7-11(10)13(15)16/h2-8,15-16H,1H3. The summed E-state index contributed by atoms with van der Waals surface area (Å²) in [7, 11) is -1.47. The summed E-state index contributed by atoms with van der Waals surface area (Å²) in [6.45, 7) is 1.90. The molecule has 0 unspecified atom stereocenters. The molecule has 0 saturated heterocycles. The summed E-state index contributed by atoms with van der Waals surface area (Å²) in [5, 5.41) is 18.5. The number of nitrogens with zero attached hydrogens (tertiary/aromatic N) is 1. The van der Waals surface area contributed by atoms with Crippen molar-refractivity contribution < 1.29 is 10.0 Å².